The van der Waals surface area contributed by atoms with Gasteiger partial charge in [0.25, 0.3) is 0 Å². The number of fused-ring (bicyclic) bond motifs is 1. The van der Waals surface area contributed by atoms with Crippen LogP contribution in [0, 0.1) is 0 Å². The fourth-order valence-electron chi connectivity index (χ4n) is 2.76. The van der Waals surface area contributed by atoms with E-state index in [1.165, 1.54) is 0 Å². The molecule has 3 N–H and O–H groups in total. The summed E-state index contributed by atoms with van der Waals surface area (Å²) in [6.45, 7) is 0.907. The molecule has 128 valence electrons. The molecule has 1 aliphatic heterocycles. The molecule has 1 aromatic carbocycles. The fraction of sp³-hybridized carbons (Fsp3) is 0.250. The quantitative estimate of drug-likeness (QED) is 0.661. The van der Waals surface area contributed by atoms with E-state index < -0.39 is 0 Å². The lowest BCUT2D eigenvalue weighted by atomic mass is 10.2. The van der Waals surface area contributed by atoms with E-state index in [0.29, 0.717) is 11.6 Å². The van der Waals surface area contributed by atoms with Crippen LogP contribution in [-0.2, 0) is 4.79 Å². The van der Waals surface area contributed by atoms with E-state index in [1.807, 2.05) is 30.3 Å². The van der Waals surface area contributed by atoms with Crippen molar-refractivity contribution in [2.75, 3.05) is 11.9 Å². The molecule has 1 atom stereocenters. The first-order valence-electron chi connectivity index (χ1n) is 7.37. The highest BCUT2D eigenvalue weighted by Crippen LogP contribution is 2.23. The van der Waals surface area contributed by atoms with Crippen LogP contribution in [0.1, 0.15) is 12.8 Å². The molecule has 0 saturated carbocycles. The van der Waals surface area contributed by atoms with Gasteiger partial charge in [-0.05, 0) is 49.7 Å². The van der Waals surface area contributed by atoms with Crippen molar-refractivity contribution in [2.24, 2.45) is 0 Å². The SMILES string of the molecule is Cl.Cl.O=C(Nc1ccc2nc(-c3ccco3)[nH]c2c1)C1CCCN1. The maximum absolute atomic E-state index is 12.1. The third-order valence-electron chi connectivity index (χ3n) is 3.88. The van der Waals surface area contributed by atoms with Gasteiger partial charge in [-0.25, -0.2) is 4.98 Å². The number of H-pyrrole nitrogens is 1. The number of hydrogen-bond acceptors (Lipinski definition) is 4. The Labute approximate surface area is 151 Å². The summed E-state index contributed by atoms with van der Waals surface area (Å²) in [5.41, 5.74) is 2.47. The van der Waals surface area contributed by atoms with Crippen LogP contribution in [0.5, 0.6) is 0 Å². The van der Waals surface area contributed by atoms with Gasteiger partial charge < -0.3 is 20.0 Å². The molecule has 8 heteroatoms. The number of aromatic amines is 1. The Hall–Kier alpha value is -2.02. The summed E-state index contributed by atoms with van der Waals surface area (Å²) >= 11 is 0. The van der Waals surface area contributed by atoms with E-state index >= 15 is 0 Å². The van der Waals surface area contributed by atoms with Gasteiger partial charge in [0.05, 0.1) is 23.3 Å². The number of amides is 1. The van der Waals surface area contributed by atoms with E-state index in [0.717, 1.165) is 36.1 Å². The molecule has 1 unspecified atom stereocenters. The molecule has 1 amide bonds. The predicted octanol–water partition coefficient (Wildman–Crippen LogP) is 3.36. The van der Waals surface area contributed by atoms with Crippen molar-refractivity contribution in [3.05, 3.63) is 36.6 Å². The predicted molar refractivity (Wildman–Crippen MR) is 97.9 cm³/mol. The molecule has 1 aliphatic rings. The van der Waals surface area contributed by atoms with Crippen LogP contribution in [0.25, 0.3) is 22.6 Å². The standard InChI is InChI=1S/C16H16N4O2.2ClH/c21-16(12-3-1-7-17-12)18-10-5-6-11-13(9-10)20-15(19-11)14-4-2-8-22-14;;/h2,4-6,8-9,12,17H,1,3,7H2,(H,18,21)(H,19,20);2*1H. The summed E-state index contributed by atoms with van der Waals surface area (Å²) in [7, 11) is 0. The highest BCUT2D eigenvalue weighted by atomic mass is 35.5. The van der Waals surface area contributed by atoms with Crippen molar-refractivity contribution in [1.29, 1.82) is 0 Å². The zero-order chi connectivity index (χ0) is 14.9. The van der Waals surface area contributed by atoms with Gasteiger partial charge in [-0.3, -0.25) is 4.79 Å². The summed E-state index contributed by atoms with van der Waals surface area (Å²) in [6.07, 6.45) is 3.55. The molecule has 0 aliphatic carbocycles. The van der Waals surface area contributed by atoms with E-state index in [1.54, 1.807) is 6.26 Å². The molecule has 3 aromatic rings. The molecule has 24 heavy (non-hydrogen) atoms. The number of anilines is 1. The smallest absolute Gasteiger partial charge is 0.241 e. The minimum Gasteiger partial charge on any atom is -0.461 e. The molecule has 0 bridgehead atoms. The van der Waals surface area contributed by atoms with Gasteiger partial charge in [-0.15, -0.1) is 24.8 Å². The molecule has 1 saturated heterocycles. The van der Waals surface area contributed by atoms with Gasteiger partial charge >= 0.3 is 0 Å². The fourth-order valence-corrected chi connectivity index (χ4v) is 2.76. The summed E-state index contributed by atoms with van der Waals surface area (Å²) in [4.78, 5) is 19.8. The number of rotatable bonds is 3. The van der Waals surface area contributed by atoms with Gasteiger partial charge in [0.2, 0.25) is 5.91 Å². The van der Waals surface area contributed by atoms with E-state index in [9.17, 15) is 4.79 Å². The number of benzene rings is 1. The number of aromatic nitrogens is 2. The number of furan rings is 1. The van der Waals surface area contributed by atoms with Crippen LogP contribution >= 0.6 is 24.8 Å². The lowest BCUT2D eigenvalue weighted by molar-refractivity contribution is -0.117. The van der Waals surface area contributed by atoms with Crippen LogP contribution in [0.3, 0.4) is 0 Å². The zero-order valence-electron chi connectivity index (χ0n) is 12.7. The number of hydrogen-bond donors (Lipinski definition) is 3. The Kier molecular flexibility index (Phi) is 5.88. The van der Waals surface area contributed by atoms with Crippen molar-refractivity contribution >= 4 is 47.4 Å². The molecule has 4 rings (SSSR count). The molecule has 6 nitrogen and oxygen atoms in total. The molecule has 2 aromatic heterocycles. The Morgan fingerprint density at radius 3 is 2.88 bits per heavy atom. The van der Waals surface area contributed by atoms with Crippen molar-refractivity contribution in [1.82, 2.24) is 15.3 Å². The normalized spacial score (nSPS) is 16.4. The minimum atomic E-state index is -0.0869. The van der Waals surface area contributed by atoms with Gasteiger partial charge in [-0.1, -0.05) is 0 Å². The zero-order valence-corrected chi connectivity index (χ0v) is 14.4. The second-order valence-electron chi connectivity index (χ2n) is 5.43. The molecule has 0 spiro atoms. The van der Waals surface area contributed by atoms with Gasteiger partial charge in [0, 0.05) is 5.69 Å². The maximum atomic E-state index is 12.1. The number of nitrogens with one attached hydrogen (secondary N) is 3. The van der Waals surface area contributed by atoms with Crippen LogP contribution < -0.4 is 10.6 Å². The average Bonchev–Trinajstić information content (AvgIpc) is 3.26. The summed E-state index contributed by atoms with van der Waals surface area (Å²) in [6, 6.07) is 9.23. The molecule has 3 heterocycles. The first-order valence-corrected chi connectivity index (χ1v) is 7.37. The largest absolute Gasteiger partial charge is 0.461 e. The highest BCUT2D eigenvalue weighted by Gasteiger charge is 2.22. The van der Waals surface area contributed by atoms with E-state index in [-0.39, 0.29) is 36.8 Å². The van der Waals surface area contributed by atoms with Crippen molar-refractivity contribution in [3.63, 3.8) is 0 Å². The van der Waals surface area contributed by atoms with Crippen LogP contribution in [0.4, 0.5) is 5.69 Å². The van der Waals surface area contributed by atoms with Gasteiger partial charge in [0.1, 0.15) is 0 Å². The Morgan fingerprint density at radius 2 is 2.17 bits per heavy atom. The third-order valence-corrected chi connectivity index (χ3v) is 3.88. The second kappa shape index (κ2) is 7.70. The number of halogens is 2. The summed E-state index contributed by atoms with van der Waals surface area (Å²) < 4.78 is 5.34. The van der Waals surface area contributed by atoms with Crippen LogP contribution in [-0.4, -0.2) is 28.5 Å². The van der Waals surface area contributed by atoms with Crippen molar-refractivity contribution in [2.45, 2.75) is 18.9 Å². The Bertz CT molecular complexity index is 811. The number of imidazole rings is 1. The first-order chi connectivity index (χ1) is 10.8. The lowest BCUT2D eigenvalue weighted by Gasteiger charge is -2.10. The first kappa shape index (κ1) is 18.3. The Balaban J connectivity index is 0.00000104. The highest BCUT2D eigenvalue weighted by molar-refractivity contribution is 5.96. The summed E-state index contributed by atoms with van der Waals surface area (Å²) in [5.74, 6) is 1.39. The molecule has 1 fully saturated rings. The van der Waals surface area contributed by atoms with Gasteiger partial charge in [-0.2, -0.15) is 0 Å². The third kappa shape index (κ3) is 3.56. The van der Waals surface area contributed by atoms with Crippen LogP contribution in [0.15, 0.2) is 41.0 Å². The number of nitrogens with zero attached hydrogens (tertiary/aromatic N) is 1. The van der Waals surface area contributed by atoms with E-state index in [4.69, 9.17) is 4.42 Å². The number of carbonyl (C=O) groups is 1. The lowest BCUT2D eigenvalue weighted by Crippen LogP contribution is -2.35. The average molecular weight is 369 g/mol. The monoisotopic (exact) mass is 368 g/mol. The van der Waals surface area contributed by atoms with Crippen molar-refractivity contribution < 1.29 is 9.21 Å². The topological polar surface area (TPSA) is 83.0 Å². The molecular weight excluding hydrogens is 351 g/mol. The summed E-state index contributed by atoms with van der Waals surface area (Å²) in [5, 5.41) is 6.14. The van der Waals surface area contributed by atoms with Gasteiger partial charge in [0.15, 0.2) is 11.6 Å². The molecule has 0 radical (unpaired) electrons. The number of carbonyl (C=O) groups excluding carboxylic acids is 1. The van der Waals surface area contributed by atoms with E-state index in [2.05, 4.69) is 20.6 Å². The maximum Gasteiger partial charge on any atom is 0.241 e. The van der Waals surface area contributed by atoms with Crippen LogP contribution in [0.2, 0.25) is 0 Å². The van der Waals surface area contributed by atoms with Crippen molar-refractivity contribution in [3.8, 4) is 11.6 Å². The minimum absolute atomic E-state index is 0. The Morgan fingerprint density at radius 1 is 1.29 bits per heavy atom. The second-order valence-corrected chi connectivity index (χ2v) is 5.43. The molecular formula is C16H18Cl2N4O2.